The van der Waals surface area contributed by atoms with Crippen molar-refractivity contribution >= 4 is 11.4 Å². The van der Waals surface area contributed by atoms with Gasteiger partial charge in [0, 0.05) is 17.8 Å². The van der Waals surface area contributed by atoms with Gasteiger partial charge in [0.25, 0.3) is 5.69 Å². The second-order valence-corrected chi connectivity index (χ2v) is 5.57. The fourth-order valence-corrected chi connectivity index (χ4v) is 2.41. The summed E-state index contributed by atoms with van der Waals surface area (Å²) in [5.74, 6) is 1.43. The molecule has 0 aromatic heterocycles. The van der Waals surface area contributed by atoms with E-state index in [1.807, 2.05) is 18.2 Å². The molecule has 2 N–H and O–H groups in total. The number of nitrogens with zero attached hydrogens (tertiary/aromatic N) is 1. The second-order valence-electron chi connectivity index (χ2n) is 5.57. The number of hydrogen-bond donors (Lipinski definition) is 1. The van der Waals surface area contributed by atoms with Crippen LogP contribution in [0, 0.1) is 10.1 Å². The molecular weight excluding hydrogens is 332 g/mol. The molecular formula is C20H26N2O4. The Morgan fingerprint density at radius 1 is 1.12 bits per heavy atom. The van der Waals surface area contributed by atoms with Gasteiger partial charge in [-0.3, -0.25) is 10.1 Å². The second kappa shape index (κ2) is 10.8. The molecule has 140 valence electrons. The highest BCUT2D eigenvalue weighted by Crippen LogP contribution is 2.25. The van der Waals surface area contributed by atoms with Gasteiger partial charge in [-0.2, -0.15) is 0 Å². The predicted octanol–water partition coefficient (Wildman–Crippen LogP) is 4.56. The van der Waals surface area contributed by atoms with Crippen molar-refractivity contribution < 1.29 is 14.4 Å². The van der Waals surface area contributed by atoms with Crippen molar-refractivity contribution in [2.24, 2.45) is 0 Å². The monoisotopic (exact) mass is 358 g/mol. The van der Waals surface area contributed by atoms with Crippen LogP contribution in [0.5, 0.6) is 11.5 Å². The molecule has 0 spiro atoms. The number of hydrogen-bond acceptors (Lipinski definition) is 5. The maximum Gasteiger partial charge on any atom is 0.273 e. The van der Waals surface area contributed by atoms with E-state index in [1.54, 1.807) is 19.3 Å². The summed E-state index contributed by atoms with van der Waals surface area (Å²) >= 11 is 0. The Hall–Kier alpha value is -3.02. The van der Waals surface area contributed by atoms with Crippen molar-refractivity contribution in [1.82, 2.24) is 0 Å². The van der Waals surface area contributed by atoms with Gasteiger partial charge < -0.3 is 15.2 Å². The molecule has 0 aliphatic rings. The van der Waals surface area contributed by atoms with Gasteiger partial charge in [-0.05, 0) is 36.1 Å². The Balaban J connectivity index is 0.000000263. The molecule has 0 radical (unpaired) electrons. The van der Waals surface area contributed by atoms with Crippen LogP contribution in [0.4, 0.5) is 11.4 Å². The number of benzene rings is 2. The standard InChI is InChI=1S/C10H11NO3.C10H15NO/c1-3-4-8-5-6-9(11(12)13)7-10(8)14-2;1-3-4-8-5-6-9(11)7-10(8)12-2/h3,5-7H,1,4H2,2H3;5-7H,3-4,11H2,1-2H3. The van der Waals surface area contributed by atoms with E-state index < -0.39 is 4.92 Å². The fraction of sp³-hybridized carbons (Fsp3) is 0.300. The van der Waals surface area contributed by atoms with Gasteiger partial charge in [0.15, 0.2) is 0 Å². The van der Waals surface area contributed by atoms with Crippen molar-refractivity contribution in [3.63, 3.8) is 0 Å². The normalized spacial score (nSPS) is 9.65. The fourth-order valence-electron chi connectivity index (χ4n) is 2.41. The van der Waals surface area contributed by atoms with E-state index in [0.717, 1.165) is 29.8 Å². The third-order valence-corrected chi connectivity index (χ3v) is 3.68. The summed E-state index contributed by atoms with van der Waals surface area (Å²) in [6.45, 7) is 5.75. The number of nitrogen functional groups attached to an aromatic ring is 1. The number of nitrogens with two attached hydrogens (primary N) is 1. The molecule has 0 fully saturated rings. The Labute approximate surface area is 154 Å². The van der Waals surface area contributed by atoms with Crippen LogP contribution in [-0.4, -0.2) is 19.1 Å². The lowest BCUT2D eigenvalue weighted by atomic mass is 10.1. The van der Waals surface area contributed by atoms with Crippen molar-refractivity contribution in [3.05, 3.63) is 70.3 Å². The molecule has 0 saturated carbocycles. The Bertz CT molecular complexity index is 745. The maximum absolute atomic E-state index is 10.5. The summed E-state index contributed by atoms with van der Waals surface area (Å²) in [6.07, 6.45) is 4.54. The van der Waals surface area contributed by atoms with E-state index in [9.17, 15) is 10.1 Å². The summed E-state index contributed by atoms with van der Waals surface area (Å²) in [5.41, 5.74) is 8.54. The number of allylic oxidation sites excluding steroid dienone is 1. The zero-order valence-electron chi connectivity index (χ0n) is 15.5. The molecule has 0 heterocycles. The molecule has 0 bridgehead atoms. The molecule has 6 nitrogen and oxygen atoms in total. The van der Waals surface area contributed by atoms with Gasteiger partial charge in [-0.1, -0.05) is 25.5 Å². The molecule has 0 amide bonds. The van der Waals surface area contributed by atoms with E-state index in [0.29, 0.717) is 12.2 Å². The van der Waals surface area contributed by atoms with Crippen LogP contribution < -0.4 is 15.2 Å². The summed E-state index contributed by atoms with van der Waals surface area (Å²) in [6, 6.07) is 10.4. The molecule has 0 atom stereocenters. The largest absolute Gasteiger partial charge is 0.496 e. The molecule has 0 aliphatic heterocycles. The highest BCUT2D eigenvalue weighted by atomic mass is 16.6. The van der Waals surface area contributed by atoms with Gasteiger partial charge in [-0.25, -0.2) is 0 Å². The highest BCUT2D eigenvalue weighted by molar-refractivity contribution is 5.48. The predicted molar refractivity (Wildman–Crippen MR) is 105 cm³/mol. The highest BCUT2D eigenvalue weighted by Gasteiger charge is 2.09. The number of methoxy groups -OCH3 is 2. The molecule has 0 saturated heterocycles. The lowest BCUT2D eigenvalue weighted by Gasteiger charge is -2.07. The minimum Gasteiger partial charge on any atom is -0.496 e. The van der Waals surface area contributed by atoms with Crippen molar-refractivity contribution in [1.29, 1.82) is 0 Å². The lowest BCUT2D eigenvalue weighted by molar-refractivity contribution is -0.384. The van der Waals surface area contributed by atoms with Crippen LogP contribution in [0.15, 0.2) is 49.1 Å². The van der Waals surface area contributed by atoms with Crippen molar-refractivity contribution in [2.75, 3.05) is 20.0 Å². The first-order chi connectivity index (χ1) is 12.5. The third-order valence-electron chi connectivity index (χ3n) is 3.68. The molecule has 26 heavy (non-hydrogen) atoms. The third kappa shape index (κ3) is 6.12. The van der Waals surface area contributed by atoms with E-state index >= 15 is 0 Å². The van der Waals surface area contributed by atoms with Gasteiger partial charge in [0.2, 0.25) is 0 Å². The van der Waals surface area contributed by atoms with Gasteiger partial charge in [-0.15, -0.1) is 6.58 Å². The average Bonchev–Trinajstić information content (AvgIpc) is 2.64. The molecule has 2 aromatic rings. The SMILES string of the molecule is C=CCc1ccc([N+](=O)[O-])cc1OC.CCCc1ccc(N)cc1OC. The minimum atomic E-state index is -0.444. The number of rotatable bonds is 7. The number of non-ortho nitro benzene ring substituents is 1. The number of ether oxygens (including phenoxy) is 2. The molecule has 2 rings (SSSR count). The number of aryl methyl sites for hydroxylation is 1. The van der Waals surface area contributed by atoms with Gasteiger partial charge >= 0.3 is 0 Å². The topological polar surface area (TPSA) is 87.6 Å². The zero-order valence-corrected chi connectivity index (χ0v) is 15.5. The summed E-state index contributed by atoms with van der Waals surface area (Å²) in [4.78, 5) is 10.0. The van der Waals surface area contributed by atoms with Gasteiger partial charge in [0.05, 0.1) is 25.2 Å². The van der Waals surface area contributed by atoms with Gasteiger partial charge in [0.1, 0.15) is 11.5 Å². The van der Waals surface area contributed by atoms with E-state index in [2.05, 4.69) is 13.5 Å². The van der Waals surface area contributed by atoms with Crippen LogP contribution >= 0.6 is 0 Å². The molecule has 6 heteroatoms. The Kier molecular flexibility index (Phi) is 8.70. The maximum atomic E-state index is 10.5. The Morgan fingerprint density at radius 2 is 1.73 bits per heavy atom. The first-order valence-corrected chi connectivity index (χ1v) is 8.31. The summed E-state index contributed by atoms with van der Waals surface area (Å²) in [7, 11) is 3.17. The quantitative estimate of drug-likeness (QED) is 0.339. The average molecular weight is 358 g/mol. The minimum absolute atomic E-state index is 0.0367. The number of nitro groups is 1. The first kappa shape index (κ1) is 21.0. The van der Waals surface area contributed by atoms with Crippen LogP contribution in [-0.2, 0) is 12.8 Å². The molecule has 0 unspecified atom stereocenters. The van der Waals surface area contributed by atoms with Crippen molar-refractivity contribution in [3.8, 4) is 11.5 Å². The summed E-state index contributed by atoms with van der Waals surface area (Å²) < 4.78 is 10.2. The van der Waals surface area contributed by atoms with Crippen LogP contribution in [0.1, 0.15) is 24.5 Å². The van der Waals surface area contributed by atoms with E-state index in [4.69, 9.17) is 15.2 Å². The van der Waals surface area contributed by atoms with Crippen molar-refractivity contribution in [2.45, 2.75) is 26.2 Å². The first-order valence-electron chi connectivity index (χ1n) is 8.31. The van der Waals surface area contributed by atoms with E-state index in [-0.39, 0.29) is 5.69 Å². The van der Waals surface area contributed by atoms with Crippen LogP contribution in [0.2, 0.25) is 0 Å². The number of nitro benzene ring substituents is 1. The Morgan fingerprint density at radius 3 is 2.27 bits per heavy atom. The molecule has 2 aromatic carbocycles. The summed E-state index contributed by atoms with van der Waals surface area (Å²) in [5, 5.41) is 10.5. The molecule has 0 aliphatic carbocycles. The smallest absolute Gasteiger partial charge is 0.273 e. The van der Waals surface area contributed by atoms with Crippen LogP contribution in [0.25, 0.3) is 0 Å². The van der Waals surface area contributed by atoms with Crippen LogP contribution in [0.3, 0.4) is 0 Å². The number of anilines is 1. The van der Waals surface area contributed by atoms with E-state index in [1.165, 1.54) is 24.8 Å². The lowest BCUT2D eigenvalue weighted by Crippen LogP contribution is -1.94. The zero-order chi connectivity index (χ0) is 19.5.